The molecule has 0 atom stereocenters. The van der Waals surface area contributed by atoms with Crippen molar-refractivity contribution in [2.45, 2.75) is 0 Å². The van der Waals surface area contributed by atoms with Crippen molar-refractivity contribution in [1.82, 2.24) is 0 Å². The number of hydrogen-bond acceptors (Lipinski definition) is 2. The van der Waals surface area contributed by atoms with Crippen LogP contribution in [0.4, 0.5) is 4.79 Å². The fraction of sp³-hybridized carbons (Fsp3) is 0. The first kappa shape index (κ1) is 40.4. The van der Waals surface area contributed by atoms with Gasteiger partial charge in [0.1, 0.15) is 0 Å². The summed E-state index contributed by atoms with van der Waals surface area (Å²) in [6.07, 6.45) is -1.83. The van der Waals surface area contributed by atoms with Gasteiger partial charge in [0.2, 0.25) is 0 Å². The molecule has 0 spiro atoms. The minimum atomic E-state index is -1.83. The summed E-state index contributed by atoms with van der Waals surface area (Å²) in [5.74, 6) is 0. The van der Waals surface area contributed by atoms with Crippen LogP contribution in [0, 0.1) is 0 Å². The Balaban J connectivity index is -0.00000000450. The van der Waals surface area contributed by atoms with Gasteiger partial charge < -0.3 is 37.2 Å². The molecular formula is CH3Na3O3S2. The van der Waals surface area contributed by atoms with Gasteiger partial charge in [0.05, 0.1) is 0 Å². The smallest absolute Gasteiger partial charge is 1.00 e. The van der Waals surface area contributed by atoms with Gasteiger partial charge in [-0.05, 0) is 0 Å². The standard InChI is InChI=1S/CH2O3.3Na.H2S.S/c2-1(3)4;;;;;/h(H2,2,3,4);;;;1H2;/q;3*+1;;-2/p-1. The Bertz CT molecular complexity index is 40.0. The van der Waals surface area contributed by atoms with E-state index in [0.717, 1.165) is 0 Å². The fourth-order valence-corrected chi connectivity index (χ4v) is 0. The van der Waals surface area contributed by atoms with E-state index in [1.807, 2.05) is 0 Å². The van der Waals surface area contributed by atoms with Gasteiger partial charge in [-0.2, -0.15) is 0 Å². The van der Waals surface area contributed by atoms with E-state index in [0.29, 0.717) is 0 Å². The van der Waals surface area contributed by atoms with Crippen molar-refractivity contribution in [3.63, 3.8) is 0 Å². The Morgan fingerprint density at radius 3 is 1.00 bits per heavy atom. The topological polar surface area (TPSA) is 57.5 Å². The van der Waals surface area contributed by atoms with Crippen LogP contribution in [0.15, 0.2) is 0 Å². The van der Waals surface area contributed by atoms with Gasteiger partial charge in [-0.1, -0.05) is 0 Å². The number of hydrogen-bond donors (Lipinski definition) is 2. The predicted molar refractivity (Wildman–Crippen MR) is 26.8 cm³/mol. The van der Waals surface area contributed by atoms with Crippen LogP contribution in [0.3, 0.4) is 0 Å². The largest absolute Gasteiger partial charge is 2.00 e. The van der Waals surface area contributed by atoms with Crippen molar-refractivity contribution in [2.24, 2.45) is 0 Å². The molecule has 0 aromatic heterocycles. The van der Waals surface area contributed by atoms with Crippen molar-refractivity contribution in [3.05, 3.63) is 0 Å². The zero-order valence-electron chi connectivity index (χ0n) is 5.66. The Kier molecular flexibility index (Phi) is 137. The van der Waals surface area contributed by atoms with E-state index >= 15 is 0 Å². The fourth-order valence-electron chi connectivity index (χ4n) is 0. The Morgan fingerprint density at radius 2 is 1.00 bits per heavy atom. The second-order valence-electron chi connectivity index (χ2n) is 0.283. The van der Waals surface area contributed by atoms with Crippen LogP contribution < -0.4 is 88.7 Å². The van der Waals surface area contributed by atoms with Crippen molar-refractivity contribution in [3.8, 4) is 0 Å². The first-order valence-corrected chi connectivity index (χ1v) is 0.651. The molecule has 3 nitrogen and oxygen atoms in total. The molecule has 9 heavy (non-hydrogen) atoms. The molecule has 0 aromatic carbocycles. The van der Waals surface area contributed by atoms with Crippen LogP contribution in [0.2, 0.25) is 0 Å². The van der Waals surface area contributed by atoms with E-state index in [1.165, 1.54) is 0 Å². The maximum atomic E-state index is 8.56. The minimum absolute atomic E-state index is 0. The van der Waals surface area contributed by atoms with Crippen molar-refractivity contribution < 1.29 is 104 Å². The van der Waals surface area contributed by atoms with Crippen LogP contribution in [-0.4, -0.2) is 16.4 Å². The average Bonchev–Trinajstić information content (AvgIpc) is 0.811. The van der Waals surface area contributed by atoms with Crippen LogP contribution in [0.5, 0.6) is 0 Å². The third-order valence-electron chi connectivity index (χ3n) is 0. The molecule has 40 valence electrons. The zero-order chi connectivity index (χ0) is 3.58. The molecule has 0 bridgehead atoms. The average molecular weight is 196 g/mol. The molecule has 0 rings (SSSR count). The summed E-state index contributed by atoms with van der Waals surface area (Å²) in [5.41, 5.74) is 0. The van der Waals surface area contributed by atoms with Gasteiger partial charge in [-0.25, -0.2) is 4.79 Å². The summed E-state index contributed by atoms with van der Waals surface area (Å²) < 4.78 is 0. The molecule has 0 saturated carbocycles. The SMILES string of the molecule is O=C(O)O.[Na+].[Na+].[Na+].[S-2].[SH-]. The van der Waals surface area contributed by atoms with Gasteiger partial charge in [0.25, 0.3) is 0 Å². The molecule has 0 aliphatic heterocycles. The summed E-state index contributed by atoms with van der Waals surface area (Å²) in [6.45, 7) is 0. The third-order valence-corrected chi connectivity index (χ3v) is 0. The third kappa shape index (κ3) is 100. The van der Waals surface area contributed by atoms with Crippen molar-refractivity contribution in [1.29, 1.82) is 0 Å². The van der Waals surface area contributed by atoms with E-state index in [-0.39, 0.29) is 116 Å². The normalized spacial score (nSPS) is 2.67. The molecule has 0 fully saturated rings. The molecule has 0 aliphatic carbocycles. The summed E-state index contributed by atoms with van der Waals surface area (Å²) >= 11 is 0. The van der Waals surface area contributed by atoms with Crippen molar-refractivity contribution >= 4 is 33.1 Å². The maximum absolute atomic E-state index is 8.56. The van der Waals surface area contributed by atoms with Crippen LogP contribution in [0.25, 0.3) is 0 Å². The van der Waals surface area contributed by atoms with Gasteiger partial charge in [-0.3, -0.25) is 0 Å². The molecular weight excluding hydrogens is 193 g/mol. The van der Waals surface area contributed by atoms with Gasteiger partial charge in [0.15, 0.2) is 0 Å². The van der Waals surface area contributed by atoms with E-state index in [2.05, 4.69) is 0 Å². The number of carbonyl (C=O) groups is 1. The molecule has 0 heterocycles. The number of thiol groups is 1. The predicted octanol–water partition coefficient (Wildman–Crippen LogP) is -9.04. The number of carboxylic acid groups (broad SMARTS) is 2. The van der Waals surface area contributed by atoms with E-state index in [4.69, 9.17) is 15.0 Å². The monoisotopic (exact) mass is 196 g/mol. The zero-order valence-corrected chi connectivity index (χ0v) is 13.4. The summed E-state index contributed by atoms with van der Waals surface area (Å²) in [5, 5.41) is 13.9. The molecule has 0 amide bonds. The van der Waals surface area contributed by atoms with Gasteiger partial charge in [-0.15, -0.1) is 0 Å². The Morgan fingerprint density at radius 1 is 1.00 bits per heavy atom. The molecule has 0 radical (unpaired) electrons. The first-order valence-electron chi connectivity index (χ1n) is 0.651. The second kappa shape index (κ2) is 30.6. The molecule has 0 unspecified atom stereocenters. The molecule has 0 aromatic rings. The van der Waals surface area contributed by atoms with Gasteiger partial charge in [0, 0.05) is 0 Å². The molecule has 0 aliphatic rings. The quantitative estimate of drug-likeness (QED) is 0.229. The summed E-state index contributed by atoms with van der Waals surface area (Å²) in [7, 11) is 0. The van der Waals surface area contributed by atoms with Crippen LogP contribution >= 0.6 is 0 Å². The molecule has 2 N–H and O–H groups in total. The number of rotatable bonds is 0. The van der Waals surface area contributed by atoms with Crippen LogP contribution in [-0.2, 0) is 27.0 Å². The summed E-state index contributed by atoms with van der Waals surface area (Å²) in [4.78, 5) is 8.56. The molecule has 8 heteroatoms. The van der Waals surface area contributed by atoms with Crippen molar-refractivity contribution in [2.75, 3.05) is 0 Å². The summed E-state index contributed by atoms with van der Waals surface area (Å²) in [6, 6.07) is 0. The Labute approximate surface area is 134 Å². The van der Waals surface area contributed by atoms with Gasteiger partial charge >= 0.3 is 94.8 Å². The second-order valence-corrected chi connectivity index (χ2v) is 0.283. The van der Waals surface area contributed by atoms with E-state index < -0.39 is 6.16 Å². The van der Waals surface area contributed by atoms with E-state index in [1.54, 1.807) is 0 Å². The minimum Gasteiger partial charge on any atom is -2.00 e. The van der Waals surface area contributed by atoms with E-state index in [9.17, 15) is 0 Å². The van der Waals surface area contributed by atoms with Crippen LogP contribution in [0.1, 0.15) is 0 Å². The molecule has 0 saturated heterocycles. The maximum Gasteiger partial charge on any atom is 1.00 e. The Hall–Kier alpha value is 2.97. The first-order chi connectivity index (χ1) is 1.73.